The molecule has 6 heterocycles. The molecule has 1 aliphatic rings. The molecular weight excluding hydrogens is 1180 g/mol. The molecule has 17 heteroatoms. The maximum atomic E-state index is 10.1. The first-order chi connectivity index (χ1) is 34.7. The Labute approximate surface area is 527 Å². The highest BCUT2D eigenvalue weighted by molar-refractivity contribution is 9.10. The van der Waals surface area contributed by atoms with Crippen molar-refractivity contribution in [2.45, 2.75) is 209 Å². The van der Waals surface area contributed by atoms with Crippen LogP contribution in [0, 0.1) is 104 Å². The lowest BCUT2D eigenvalue weighted by atomic mass is 10.1. The third kappa shape index (κ3) is 33.8. The zero-order valence-corrected chi connectivity index (χ0v) is 60.6. The fourth-order valence-electron chi connectivity index (χ4n) is 6.01. The first-order valence-corrected chi connectivity index (χ1v) is 32.1. The zero-order chi connectivity index (χ0) is 59.9. The predicted molar refractivity (Wildman–Crippen MR) is 377 cm³/mol. The second-order valence-electron chi connectivity index (χ2n) is 17.0. The fraction of sp³-hybridized carbons (Fsp3) is 0.565. The van der Waals surface area contributed by atoms with Crippen molar-refractivity contribution in [3.05, 3.63) is 123 Å². The molecule has 0 spiro atoms. The normalized spacial score (nSPS) is 11.0. The molecule has 5 aromatic heterocycles. The molecule has 79 heavy (non-hydrogen) atoms. The Kier molecular flexibility index (Phi) is 57.2. The lowest BCUT2D eigenvalue weighted by molar-refractivity contribution is -0.707. The van der Waals surface area contributed by atoms with Crippen LogP contribution in [-0.4, -0.2) is 49.4 Å². The van der Waals surface area contributed by atoms with Crippen molar-refractivity contribution >= 4 is 115 Å². The van der Waals surface area contributed by atoms with E-state index in [0.717, 1.165) is 11.4 Å². The Morgan fingerprint density at radius 3 is 1.41 bits per heavy atom. The van der Waals surface area contributed by atoms with Gasteiger partial charge in [0.1, 0.15) is 31.3 Å². The van der Waals surface area contributed by atoms with Crippen LogP contribution in [0.2, 0.25) is 0 Å². The third-order valence-electron chi connectivity index (χ3n) is 12.2. The van der Waals surface area contributed by atoms with E-state index in [1.165, 1.54) is 102 Å². The van der Waals surface area contributed by atoms with E-state index in [9.17, 15) is 4.79 Å². The van der Waals surface area contributed by atoms with Gasteiger partial charge in [0.15, 0.2) is 22.8 Å². The SMILES string of the molecule is C.C.C.CC.CC.CC.CC(=O)C(C)Br.CC1=C(C)N(C)C(=Cc2cc(C)c(C)c(C)[n+]2C)S1.CSc1nc(C)c(C)s1.CSc1sc(C)c(C)[n+]1C.Cc1cc(C)[n+](C)c(C)c1C.Cc1cc(C)c(C)c(C)n1.NC(=S)[S-].[NH4+]. The van der Waals surface area contributed by atoms with Gasteiger partial charge in [-0.05, 0) is 156 Å². The molecule has 0 amide bonds. The summed E-state index contributed by atoms with van der Waals surface area (Å²) in [7, 11) is 8.50. The summed E-state index contributed by atoms with van der Waals surface area (Å²) in [5.41, 5.74) is 24.3. The minimum absolute atomic E-state index is 0. The number of hydrogen-bond donors (Lipinski definition) is 2. The molecule has 9 nitrogen and oxygen atoms in total. The molecule has 0 saturated heterocycles. The minimum Gasteiger partial charge on any atom is -0.415 e. The van der Waals surface area contributed by atoms with Crippen LogP contribution < -0.4 is 25.6 Å². The van der Waals surface area contributed by atoms with Crippen molar-refractivity contribution in [3.8, 4) is 0 Å². The number of alkyl halides is 1. The molecule has 5 aromatic rings. The highest BCUT2D eigenvalue weighted by Crippen LogP contribution is 2.40. The summed E-state index contributed by atoms with van der Waals surface area (Å²) >= 11 is 20.4. The van der Waals surface area contributed by atoms with Crippen LogP contribution in [0.3, 0.4) is 0 Å². The fourth-order valence-corrected chi connectivity index (χ4v) is 10.6. The second-order valence-corrected chi connectivity index (χ2v) is 25.2. The van der Waals surface area contributed by atoms with Crippen LogP contribution in [0.25, 0.3) is 6.08 Å². The molecule has 0 bridgehead atoms. The number of nitrogens with zero attached hydrogens (tertiary/aromatic N) is 6. The molecule has 0 aromatic carbocycles. The Morgan fingerprint density at radius 2 is 1.10 bits per heavy atom. The van der Waals surface area contributed by atoms with Gasteiger partial charge in [-0.1, -0.05) is 119 Å². The van der Waals surface area contributed by atoms with Crippen molar-refractivity contribution < 1.29 is 18.5 Å². The van der Waals surface area contributed by atoms with Gasteiger partial charge in [-0.2, -0.15) is 9.13 Å². The lowest BCUT2D eigenvalue weighted by Crippen LogP contribution is -2.37. The van der Waals surface area contributed by atoms with Gasteiger partial charge >= 0.3 is 0 Å². The van der Waals surface area contributed by atoms with Gasteiger partial charge in [0, 0.05) is 90.9 Å². The number of ketones is 1. The summed E-state index contributed by atoms with van der Waals surface area (Å²) in [5, 5.41) is 1.30. The first kappa shape index (κ1) is 92.7. The number of hydrogen-bond acceptors (Lipinski definition) is 11. The standard InChI is InChI=1S/C16H23N2S.C10H16N.C9H13N.C7H12NS2.C6H9NS2.C4H7BrO.3C2H6.CH3NS2.3CH4.H3N/c1-10-8-15(17(6)12(3)11(10)2)9-16-18(7)13(4)14(5)19-16;1-7-6-8(2)11(5)10(4)9(7)3;1-6-5-7(2)10-9(4)8(6)3;1-5-6(2)10-7(9-4)8(5)3;1-4-5(2)9-6(7-4)8-3;1-3(5)4(2)6;3*1-2;2-1(3)4;;;;/h8-9H,1-7H3;6H,1-5H3;5H,1-4H3;1-4H3;1-3H3;3H,1-2H3;3*1-2H3;(H3,2,3,4);3*1H4;1H3/q2*+1;;+1;;;;;;;;;;. The topological polar surface area (TPSA) is 120 Å². The van der Waals surface area contributed by atoms with Gasteiger partial charge < -0.3 is 41.6 Å². The Balaban J connectivity index is -0.000000126. The van der Waals surface area contributed by atoms with Crippen LogP contribution in [0.1, 0.15) is 180 Å². The molecule has 0 aliphatic carbocycles. The number of pyridine rings is 3. The lowest BCUT2D eigenvalue weighted by Gasteiger charge is -2.14. The van der Waals surface area contributed by atoms with Gasteiger partial charge in [0.25, 0.3) is 4.34 Å². The quantitative estimate of drug-likeness (QED) is 0.0592. The smallest absolute Gasteiger partial charge is 0.297 e. The maximum Gasteiger partial charge on any atom is 0.297 e. The van der Waals surface area contributed by atoms with Gasteiger partial charge in [0.2, 0.25) is 5.69 Å². The predicted octanol–water partition coefficient (Wildman–Crippen LogP) is 18.6. The number of nitrogens with two attached hydrogens (primary N) is 1. The average molecular weight is 1290 g/mol. The van der Waals surface area contributed by atoms with Crippen molar-refractivity contribution in [2.75, 3.05) is 19.6 Å². The second kappa shape index (κ2) is 48.8. The molecule has 6 N–H and O–H groups in total. The zero-order valence-electron chi connectivity index (χ0n) is 53.3. The minimum atomic E-state index is 0. The van der Waals surface area contributed by atoms with E-state index in [0.29, 0.717) is 0 Å². The van der Waals surface area contributed by atoms with E-state index in [4.69, 9.17) is 0 Å². The van der Waals surface area contributed by atoms with Gasteiger partial charge in [-0.3, -0.25) is 9.78 Å². The molecule has 0 saturated carbocycles. The number of carbonyl (C=O) groups excluding carboxylic acids is 1. The van der Waals surface area contributed by atoms with Crippen LogP contribution in [0.15, 0.2) is 42.5 Å². The number of rotatable bonds is 4. The number of aryl methyl sites for hydroxylation is 9. The van der Waals surface area contributed by atoms with Crippen LogP contribution >= 0.6 is 86.1 Å². The van der Waals surface area contributed by atoms with E-state index in [-0.39, 0.29) is 43.4 Å². The number of thiocarbonyl (C=S) groups is 1. The van der Waals surface area contributed by atoms with Crippen molar-refractivity contribution in [1.82, 2.24) is 21.0 Å². The molecule has 1 unspecified atom stereocenters. The maximum absolute atomic E-state index is 10.1. The Hall–Kier alpha value is -2.74. The van der Waals surface area contributed by atoms with Crippen LogP contribution in [0.5, 0.6) is 0 Å². The van der Waals surface area contributed by atoms with E-state index in [1.54, 1.807) is 30.0 Å². The number of carbonyl (C=O) groups is 1. The molecule has 0 radical (unpaired) electrons. The molecule has 1 atom stereocenters. The summed E-state index contributed by atoms with van der Waals surface area (Å²) < 4.78 is 9.37. The Bertz CT molecular complexity index is 2530. The average Bonchev–Trinajstić information content (AvgIpc) is 3.93. The van der Waals surface area contributed by atoms with Crippen LogP contribution in [0.4, 0.5) is 0 Å². The summed E-state index contributed by atoms with van der Waals surface area (Å²) in [6.45, 7) is 51.7. The molecule has 0 fully saturated rings. The van der Waals surface area contributed by atoms with Crippen molar-refractivity contribution in [1.29, 1.82) is 0 Å². The van der Waals surface area contributed by atoms with Crippen molar-refractivity contribution in [2.24, 2.45) is 26.9 Å². The van der Waals surface area contributed by atoms with Gasteiger partial charge in [-0.15, -0.1) is 11.3 Å². The first-order valence-electron chi connectivity index (χ1n) is 25.5. The van der Waals surface area contributed by atoms with E-state index in [1.807, 2.05) is 97.2 Å². The largest absolute Gasteiger partial charge is 0.415 e. The highest BCUT2D eigenvalue weighted by atomic mass is 79.9. The summed E-state index contributed by atoms with van der Waals surface area (Å²) in [4.78, 5) is 25.2. The van der Waals surface area contributed by atoms with Gasteiger partial charge in [-0.25, -0.2) is 9.55 Å². The van der Waals surface area contributed by atoms with Gasteiger partial charge in [0.05, 0.1) is 20.4 Å². The van der Waals surface area contributed by atoms with E-state index in [2.05, 4.69) is 244 Å². The Morgan fingerprint density at radius 1 is 0.684 bits per heavy atom. The number of quaternary nitrogens is 1. The number of thioether (sulfide) groups is 3. The van der Waals surface area contributed by atoms with Crippen LogP contribution in [-0.2, 0) is 38.6 Å². The third-order valence-corrected chi connectivity index (χ3v) is 18.5. The number of aromatic nitrogens is 5. The summed E-state index contributed by atoms with van der Waals surface area (Å²) in [6.07, 6.45) is 6.45. The molecular formula is C62H116BrN8OS7+3. The number of Topliss-reactive ketones (excluding diaryl/α,β-unsaturated/α-hetero) is 1. The number of halogens is 1. The van der Waals surface area contributed by atoms with E-state index >= 15 is 0 Å². The number of allylic oxidation sites excluding steroid dienone is 2. The summed E-state index contributed by atoms with van der Waals surface area (Å²) in [6, 6.07) is 6.61. The van der Waals surface area contributed by atoms with Crippen molar-refractivity contribution in [3.63, 3.8) is 0 Å². The highest BCUT2D eigenvalue weighted by Gasteiger charge is 2.22. The molecule has 456 valence electrons. The molecule has 1 aliphatic heterocycles. The number of thiazole rings is 2. The summed E-state index contributed by atoms with van der Waals surface area (Å²) in [5.74, 6) is 0.176. The van der Waals surface area contributed by atoms with E-state index < -0.39 is 0 Å². The monoisotopic (exact) mass is 1290 g/mol. The molecule has 6 rings (SSSR count).